The van der Waals surface area contributed by atoms with Crippen LogP contribution in [0.5, 0.6) is 0 Å². The standard InChI is InChI=1S/C6H14N2/c1-3-5(7)6(8)4-2/h3,5-6H,1,4,7-8H2,2H3. The van der Waals surface area contributed by atoms with E-state index < -0.39 is 0 Å². The zero-order valence-electron chi connectivity index (χ0n) is 5.30. The monoisotopic (exact) mass is 114 g/mol. The predicted molar refractivity (Wildman–Crippen MR) is 36.4 cm³/mol. The maximum absolute atomic E-state index is 5.53. The van der Waals surface area contributed by atoms with Crippen LogP contribution in [0.4, 0.5) is 0 Å². The molecule has 8 heavy (non-hydrogen) atoms. The molecule has 0 spiro atoms. The summed E-state index contributed by atoms with van der Waals surface area (Å²) >= 11 is 0. The van der Waals surface area contributed by atoms with E-state index in [1.165, 1.54) is 0 Å². The lowest BCUT2D eigenvalue weighted by molar-refractivity contribution is 0.583. The molecule has 0 bridgehead atoms. The number of hydrogen-bond donors (Lipinski definition) is 2. The van der Waals surface area contributed by atoms with Gasteiger partial charge in [0.15, 0.2) is 0 Å². The second-order valence-electron chi connectivity index (χ2n) is 1.89. The summed E-state index contributed by atoms with van der Waals surface area (Å²) in [6, 6.07) is 0.0347. The Morgan fingerprint density at radius 1 is 1.62 bits per heavy atom. The summed E-state index contributed by atoms with van der Waals surface area (Å²) in [5.41, 5.74) is 11.0. The highest BCUT2D eigenvalue weighted by molar-refractivity contribution is 4.89. The van der Waals surface area contributed by atoms with Crippen molar-refractivity contribution in [3.8, 4) is 0 Å². The van der Waals surface area contributed by atoms with Crippen molar-refractivity contribution in [3.05, 3.63) is 12.7 Å². The van der Waals surface area contributed by atoms with Gasteiger partial charge in [-0.15, -0.1) is 6.58 Å². The molecule has 0 aliphatic carbocycles. The molecule has 0 aromatic rings. The van der Waals surface area contributed by atoms with Crippen molar-refractivity contribution in [1.82, 2.24) is 0 Å². The molecule has 2 atom stereocenters. The van der Waals surface area contributed by atoms with Gasteiger partial charge in [0.25, 0.3) is 0 Å². The van der Waals surface area contributed by atoms with Crippen LogP contribution in [-0.4, -0.2) is 12.1 Å². The molecule has 0 saturated heterocycles. The van der Waals surface area contributed by atoms with Gasteiger partial charge in [-0.2, -0.15) is 0 Å². The molecule has 0 fully saturated rings. The molecule has 0 radical (unpaired) electrons. The van der Waals surface area contributed by atoms with Crippen LogP contribution in [-0.2, 0) is 0 Å². The van der Waals surface area contributed by atoms with Crippen LogP contribution in [0.2, 0.25) is 0 Å². The fourth-order valence-corrected chi connectivity index (χ4v) is 0.447. The highest BCUT2D eigenvalue weighted by Crippen LogP contribution is 1.91. The van der Waals surface area contributed by atoms with Crippen molar-refractivity contribution in [1.29, 1.82) is 0 Å². The first-order valence-electron chi connectivity index (χ1n) is 2.86. The molecule has 0 amide bonds. The molecule has 0 aliphatic heterocycles. The van der Waals surface area contributed by atoms with Crippen molar-refractivity contribution in [2.24, 2.45) is 11.5 Å². The van der Waals surface area contributed by atoms with Gasteiger partial charge < -0.3 is 11.5 Å². The first kappa shape index (κ1) is 7.66. The lowest BCUT2D eigenvalue weighted by atomic mass is 10.1. The summed E-state index contributed by atoms with van der Waals surface area (Å²) in [7, 11) is 0. The van der Waals surface area contributed by atoms with Crippen molar-refractivity contribution in [2.45, 2.75) is 25.4 Å². The van der Waals surface area contributed by atoms with E-state index in [1.807, 2.05) is 6.92 Å². The van der Waals surface area contributed by atoms with E-state index in [4.69, 9.17) is 11.5 Å². The van der Waals surface area contributed by atoms with Crippen LogP contribution >= 0.6 is 0 Å². The summed E-state index contributed by atoms with van der Waals surface area (Å²) in [6.45, 7) is 5.53. The zero-order chi connectivity index (χ0) is 6.57. The summed E-state index contributed by atoms with van der Waals surface area (Å²) in [5, 5.41) is 0. The van der Waals surface area contributed by atoms with Crippen LogP contribution in [0.25, 0.3) is 0 Å². The van der Waals surface area contributed by atoms with Gasteiger partial charge in [-0.3, -0.25) is 0 Å². The Morgan fingerprint density at radius 2 is 2.12 bits per heavy atom. The SMILES string of the molecule is C=CC(N)C(N)CC. The average molecular weight is 114 g/mol. The van der Waals surface area contributed by atoms with E-state index in [-0.39, 0.29) is 12.1 Å². The van der Waals surface area contributed by atoms with E-state index in [0.29, 0.717) is 0 Å². The van der Waals surface area contributed by atoms with Crippen molar-refractivity contribution >= 4 is 0 Å². The first-order valence-corrected chi connectivity index (χ1v) is 2.86. The zero-order valence-corrected chi connectivity index (χ0v) is 5.30. The molecule has 48 valence electrons. The van der Waals surface area contributed by atoms with E-state index in [9.17, 15) is 0 Å². The lowest BCUT2D eigenvalue weighted by Crippen LogP contribution is -2.38. The van der Waals surface area contributed by atoms with Crippen LogP contribution in [0.1, 0.15) is 13.3 Å². The number of rotatable bonds is 3. The molecule has 0 heterocycles. The van der Waals surface area contributed by atoms with Gasteiger partial charge >= 0.3 is 0 Å². The summed E-state index contributed by atoms with van der Waals surface area (Å²) < 4.78 is 0. The van der Waals surface area contributed by atoms with E-state index in [1.54, 1.807) is 6.08 Å². The molecule has 0 aromatic heterocycles. The second kappa shape index (κ2) is 3.64. The van der Waals surface area contributed by atoms with Gasteiger partial charge in [0, 0.05) is 12.1 Å². The highest BCUT2D eigenvalue weighted by atomic mass is 14.8. The Morgan fingerprint density at radius 3 is 2.25 bits per heavy atom. The molecule has 2 nitrogen and oxygen atoms in total. The van der Waals surface area contributed by atoms with Gasteiger partial charge in [0.05, 0.1) is 0 Å². The molecule has 0 rings (SSSR count). The Hall–Kier alpha value is -0.340. The number of nitrogens with two attached hydrogens (primary N) is 2. The lowest BCUT2D eigenvalue weighted by Gasteiger charge is -2.12. The van der Waals surface area contributed by atoms with E-state index in [0.717, 1.165) is 6.42 Å². The van der Waals surface area contributed by atoms with Gasteiger partial charge in [-0.1, -0.05) is 13.0 Å². The average Bonchev–Trinajstić information content (AvgIpc) is 1.84. The fourth-order valence-electron chi connectivity index (χ4n) is 0.447. The van der Waals surface area contributed by atoms with Crippen LogP contribution < -0.4 is 11.5 Å². The third-order valence-electron chi connectivity index (χ3n) is 1.24. The van der Waals surface area contributed by atoms with Crippen molar-refractivity contribution < 1.29 is 0 Å². The maximum atomic E-state index is 5.53. The largest absolute Gasteiger partial charge is 0.326 e. The van der Waals surface area contributed by atoms with Crippen molar-refractivity contribution in [3.63, 3.8) is 0 Å². The van der Waals surface area contributed by atoms with Crippen LogP contribution in [0.3, 0.4) is 0 Å². The molecule has 2 heteroatoms. The highest BCUT2D eigenvalue weighted by Gasteiger charge is 2.04. The Kier molecular flexibility index (Phi) is 3.48. The molecule has 0 saturated carbocycles. The number of hydrogen-bond acceptors (Lipinski definition) is 2. The summed E-state index contributed by atoms with van der Waals surface area (Å²) in [4.78, 5) is 0. The van der Waals surface area contributed by atoms with E-state index in [2.05, 4.69) is 6.58 Å². The fraction of sp³-hybridized carbons (Fsp3) is 0.667. The van der Waals surface area contributed by atoms with Crippen LogP contribution in [0, 0.1) is 0 Å². The minimum atomic E-state index is -0.0417. The maximum Gasteiger partial charge on any atom is 0.0375 e. The first-order chi connectivity index (χ1) is 3.72. The Bertz CT molecular complexity index is 70.9. The minimum absolute atomic E-state index is 0.0417. The summed E-state index contributed by atoms with van der Waals surface area (Å²) in [6.07, 6.45) is 2.58. The topological polar surface area (TPSA) is 52.0 Å². The van der Waals surface area contributed by atoms with Crippen molar-refractivity contribution in [2.75, 3.05) is 0 Å². The second-order valence-corrected chi connectivity index (χ2v) is 1.89. The Labute approximate surface area is 50.6 Å². The predicted octanol–water partition coefficient (Wildman–Crippen LogP) is 0.237. The van der Waals surface area contributed by atoms with Gasteiger partial charge in [0.1, 0.15) is 0 Å². The molecule has 0 aromatic carbocycles. The van der Waals surface area contributed by atoms with Gasteiger partial charge in [-0.05, 0) is 6.42 Å². The smallest absolute Gasteiger partial charge is 0.0375 e. The minimum Gasteiger partial charge on any atom is -0.326 e. The molecule has 4 N–H and O–H groups in total. The third-order valence-corrected chi connectivity index (χ3v) is 1.24. The third kappa shape index (κ3) is 2.09. The summed E-state index contributed by atoms with van der Waals surface area (Å²) in [5.74, 6) is 0. The van der Waals surface area contributed by atoms with Crippen LogP contribution in [0.15, 0.2) is 12.7 Å². The van der Waals surface area contributed by atoms with E-state index >= 15 is 0 Å². The molecular weight excluding hydrogens is 100 g/mol. The molecule has 0 aliphatic rings. The van der Waals surface area contributed by atoms with Gasteiger partial charge in [-0.25, -0.2) is 0 Å². The molecular formula is C6H14N2. The quantitative estimate of drug-likeness (QED) is 0.516. The molecule has 2 unspecified atom stereocenters. The van der Waals surface area contributed by atoms with Gasteiger partial charge in [0.2, 0.25) is 0 Å². The normalized spacial score (nSPS) is 17.4. The Balaban J connectivity index is 3.44.